The molecule has 7 aromatic rings. The molecular formula is C32H20N4S. The number of hydrogen-bond donors (Lipinski definition) is 0. The maximum Gasteiger partial charge on any atom is 0.164 e. The number of fused-ring (bicyclic) bond motifs is 3. The predicted octanol–water partition coefficient (Wildman–Crippen LogP) is 8.30. The van der Waals surface area contributed by atoms with Crippen LogP contribution in [0, 0.1) is 0 Å². The number of pyridine rings is 1. The fourth-order valence-electron chi connectivity index (χ4n) is 4.57. The lowest BCUT2D eigenvalue weighted by Gasteiger charge is -2.09. The SMILES string of the molecule is c1ccc(-c2nc(-c3ccc(-c4ccncc4)cc3)nc(-c3ccc4sc5ccccc5c4c3)n2)cc1. The van der Waals surface area contributed by atoms with Crippen molar-refractivity contribution in [2.24, 2.45) is 0 Å². The van der Waals surface area contributed by atoms with Crippen LogP contribution in [0.4, 0.5) is 0 Å². The maximum absolute atomic E-state index is 4.94. The minimum atomic E-state index is 0.653. The van der Waals surface area contributed by atoms with Gasteiger partial charge in [-0.15, -0.1) is 11.3 Å². The molecule has 0 atom stereocenters. The van der Waals surface area contributed by atoms with Gasteiger partial charge in [0.05, 0.1) is 0 Å². The standard InChI is InChI=1S/C32H20N4S/c1-2-6-23(7-3-1)30-34-31(24-12-10-21(11-13-24)22-16-18-33-19-17-22)36-32(35-30)25-14-15-29-27(20-25)26-8-4-5-9-28(26)37-29/h1-20H. The molecule has 5 heteroatoms. The van der Waals surface area contributed by atoms with Gasteiger partial charge < -0.3 is 0 Å². The first-order chi connectivity index (χ1) is 18.3. The Balaban J connectivity index is 1.37. The molecule has 0 aliphatic heterocycles. The van der Waals surface area contributed by atoms with Gasteiger partial charge in [0.2, 0.25) is 0 Å². The van der Waals surface area contributed by atoms with Crippen LogP contribution in [0.1, 0.15) is 0 Å². The summed E-state index contributed by atoms with van der Waals surface area (Å²) < 4.78 is 2.54. The van der Waals surface area contributed by atoms with E-state index in [-0.39, 0.29) is 0 Å². The molecule has 7 rings (SSSR count). The first-order valence-electron chi connectivity index (χ1n) is 12.1. The quantitative estimate of drug-likeness (QED) is 0.248. The average Bonchev–Trinajstić information content (AvgIpc) is 3.36. The van der Waals surface area contributed by atoms with Gasteiger partial charge in [-0.25, -0.2) is 15.0 Å². The van der Waals surface area contributed by atoms with E-state index in [9.17, 15) is 0 Å². The summed E-state index contributed by atoms with van der Waals surface area (Å²) in [5, 5.41) is 2.48. The largest absolute Gasteiger partial charge is 0.265 e. The maximum atomic E-state index is 4.94. The van der Waals surface area contributed by atoms with Crippen molar-refractivity contribution in [3.05, 3.63) is 122 Å². The molecule has 3 heterocycles. The summed E-state index contributed by atoms with van der Waals surface area (Å²) in [6, 6.07) is 37.4. The van der Waals surface area contributed by atoms with Gasteiger partial charge in [0.15, 0.2) is 17.5 Å². The van der Waals surface area contributed by atoms with E-state index < -0.39 is 0 Å². The second-order valence-corrected chi connectivity index (χ2v) is 9.88. The number of thiophene rings is 1. The Bertz CT molecular complexity index is 1860. The molecule has 0 amide bonds. The summed E-state index contributed by atoms with van der Waals surface area (Å²) >= 11 is 1.81. The second kappa shape index (κ2) is 9.04. The van der Waals surface area contributed by atoms with Gasteiger partial charge in [0, 0.05) is 49.3 Å². The summed E-state index contributed by atoms with van der Waals surface area (Å²) in [5.74, 6) is 1.98. The van der Waals surface area contributed by atoms with E-state index in [1.807, 2.05) is 53.8 Å². The number of benzene rings is 4. The molecule has 0 aliphatic rings. The predicted molar refractivity (Wildman–Crippen MR) is 152 cm³/mol. The van der Waals surface area contributed by atoms with Gasteiger partial charge in [0.1, 0.15) is 0 Å². The zero-order valence-electron chi connectivity index (χ0n) is 19.7. The summed E-state index contributed by atoms with van der Waals surface area (Å²) in [4.78, 5) is 18.8. The van der Waals surface area contributed by atoms with Crippen LogP contribution in [-0.2, 0) is 0 Å². The van der Waals surface area contributed by atoms with E-state index in [4.69, 9.17) is 15.0 Å². The van der Waals surface area contributed by atoms with Gasteiger partial charge in [-0.1, -0.05) is 72.8 Å². The smallest absolute Gasteiger partial charge is 0.164 e. The molecule has 0 bridgehead atoms. The lowest BCUT2D eigenvalue weighted by atomic mass is 10.0. The number of aromatic nitrogens is 4. The monoisotopic (exact) mass is 492 g/mol. The summed E-state index contributed by atoms with van der Waals surface area (Å²) in [6.45, 7) is 0. The van der Waals surface area contributed by atoms with Crippen LogP contribution in [0.25, 0.3) is 65.5 Å². The third-order valence-electron chi connectivity index (χ3n) is 6.46. The van der Waals surface area contributed by atoms with E-state index in [2.05, 4.69) is 71.7 Å². The van der Waals surface area contributed by atoms with Crippen molar-refractivity contribution in [3.8, 4) is 45.3 Å². The van der Waals surface area contributed by atoms with Crippen LogP contribution >= 0.6 is 11.3 Å². The molecule has 174 valence electrons. The van der Waals surface area contributed by atoms with Gasteiger partial charge in [-0.05, 0) is 47.5 Å². The second-order valence-electron chi connectivity index (χ2n) is 8.79. The summed E-state index contributed by atoms with van der Waals surface area (Å²) in [6.07, 6.45) is 3.61. The van der Waals surface area contributed by atoms with Crippen LogP contribution in [0.15, 0.2) is 122 Å². The Morgan fingerprint density at radius 3 is 1.70 bits per heavy atom. The third-order valence-corrected chi connectivity index (χ3v) is 7.61. The average molecular weight is 493 g/mol. The van der Waals surface area contributed by atoms with Gasteiger partial charge in [-0.3, -0.25) is 4.98 Å². The van der Waals surface area contributed by atoms with E-state index in [1.165, 1.54) is 20.2 Å². The Kier molecular flexibility index (Phi) is 5.26. The van der Waals surface area contributed by atoms with Gasteiger partial charge in [-0.2, -0.15) is 0 Å². The Hall–Kier alpha value is -4.74. The minimum absolute atomic E-state index is 0.653. The molecule has 0 radical (unpaired) electrons. The molecule has 4 nitrogen and oxygen atoms in total. The van der Waals surface area contributed by atoms with E-state index in [1.54, 1.807) is 12.4 Å². The van der Waals surface area contributed by atoms with Crippen LogP contribution in [0.3, 0.4) is 0 Å². The van der Waals surface area contributed by atoms with Crippen molar-refractivity contribution in [1.29, 1.82) is 0 Å². The van der Waals surface area contributed by atoms with Gasteiger partial charge in [0.25, 0.3) is 0 Å². The Morgan fingerprint density at radius 1 is 0.405 bits per heavy atom. The Labute approximate surface area is 218 Å². The zero-order chi connectivity index (χ0) is 24.6. The van der Waals surface area contributed by atoms with Crippen LogP contribution in [0.5, 0.6) is 0 Å². The summed E-state index contributed by atoms with van der Waals surface area (Å²) in [5.41, 5.74) is 5.13. The molecule has 3 aromatic heterocycles. The van der Waals surface area contributed by atoms with E-state index >= 15 is 0 Å². The number of hydrogen-bond acceptors (Lipinski definition) is 5. The lowest BCUT2D eigenvalue weighted by molar-refractivity contribution is 1.07. The first kappa shape index (κ1) is 21.5. The fourth-order valence-corrected chi connectivity index (χ4v) is 5.66. The molecule has 0 saturated carbocycles. The summed E-state index contributed by atoms with van der Waals surface area (Å²) in [7, 11) is 0. The highest BCUT2D eigenvalue weighted by atomic mass is 32.1. The molecule has 37 heavy (non-hydrogen) atoms. The zero-order valence-corrected chi connectivity index (χ0v) is 20.6. The van der Waals surface area contributed by atoms with Crippen molar-refractivity contribution in [2.45, 2.75) is 0 Å². The van der Waals surface area contributed by atoms with Crippen molar-refractivity contribution >= 4 is 31.5 Å². The molecule has 0 unspecified atom stereocenters. The molecule has 0 fully saturated rings. The van der Waals surface area contributed by atoms with Gasteiger partial charge >= 0.3 is 0 Å². The lowest BCUT2D eigenvalue weighted by Crippen LogP contribution is -2.00. The van der Waals surface area contributed by atoms with Crippen LogP contribution < -0.4 is 0 Å². The highest BCUT2D eigenvalue weighted by molar-refractivity contribution is 7.25. The molecular weight excluding hydrogens is 472 g/mol. The Morgan fingerprint density at radius 2 is 0.946 bits per heavy atom. The van der Waals surface area contributed by atoms with E-state index in [0.29, 0.717) is 17.5 Å². The first-order valence-corrected chi connectivity index (χ1v) is 12.9. The highest BCUT2D eigenvalue weighted by Crippen LogP contribution is 2.36. The van der Waals surface area contributed by atoms with Crippen molar-refractivity contribution in [2.75, 3.05) is 0 Å². The van der Waals surface area contributed by atoms with E-state index in [0.717, 1.165) is 27.8 Å². The normalized spacial score (nSPS) is 11.2. The van der Waals surface area contributed by atoms with Crippen LogP contribution in [-0.4, -0.2) is 19.9 Å². The third kappa shape index (κ3) is 4.05. The van der Waals surface area contributed by atoms with Crippen molar-refractivity contribution in [3.63, 3.8) is 0 Å². The molecule has 0 aliphatic carbocycles. The molecule has 0 spiro atoms. The number of nitrogens with zero attached hydrogens (tertiary/aromatic N) is 4. The molecule has 0 N–H and O–H groups in total. The van der Waals surface area contributed by atoms with Crippen molar-refractivity contribution < 1.29 is 0 Å². The van der Waals surface area contributed by atoms with Crippen LogP contribution in [0.2, 0.25) is 0 Å². The molecule has 4 aromatic carbocycles. The highest BCUT2D eigenvalue weighted by Gasteiger charge is 2.14. The molecule has 0 saturated heterocycles. The fraction of sp³-hybridized carbons (Fsp3) is 0. The van der Waals surface area contributed by atoms with Crippen molar-refractivity contribution in [1.82, 2.24) is 19.9 Å². The topological polar surface area (TPSA) is 51.6 Å². The number of rotatable bonds is 4. The minimum Gasteiger partial charge on any atom is -0.265 e.